The van der Waals surface area contributed by atoms with Crippen LogP contribution in [0.1, 0.15) is 39.0 Å². The highest BCUT2D eigenvalue weighted by atomic mass is 19.4. The quantitative estimate of drug-likeness (QED) is 0.544. The van der Waals surface area contributed by atoms with Crippen LogP contribution in [0, 0.1) is 0 Å². The third-order valence-electron chi connectivity index (χ3n) is 5.44. The van der Waals surface area contributed by atoms with Gasteiger partial charge in [0.15, 0.2) is 6.17 Å². The first-order chi connectivity index (χ1) is 15.4. The minimum Gasteiger partial charge on any atom is -0.388 e. The third kappa shape index (κ3) is 3.79. The lowest BCUT2D eigenvalue weighted by Gasteiger charge is -2.22. The Balaban J connectivity index is 1.71. The summed E-state index contributed by atoms with van der Waals surface area (Å²) in [5.74, 6) is -5.67. The predicted octanol–water partition coefficient (Wildman–Crippen LogP) is 4.84. The molecule has 1 aliphatic heterocycles. The molecule has 0 bridgehead atoms. The van der Waals surface area contributed by atoms with Gasteiger partial charge in [-0.15, -0.1) is 10.2 Å². The van der Waals surface area contributed by atoms with Crippen molar-refractivity contribution >= 4 is 17.3 Å². The maximum absolute atomic E-state index is 14.9. The molecule has 4 rings (SSSR count). The second kappa shape index (κ2) is 7.78. The number of aryl methyl sites for hydroxylation is 1. The van der Waals surface area contributed by atoms with Gasteiger partial charge < -0.3 is 14.8 Å². The molecule has 2 aromatic carbocycles. The third-order valence-corrected chi connectivity index (χ3v) is 5.44. The highest BCUT2D eigenvalue weighted by molar-refractivity contribution is 6.11. The lowest BCUT2D eigenvalue weighted by Crippen LogP contribution is -2.26. The highest BCUT2D eigenvalue weighted by Crippen LogP contribution is 2.44. The molecule has 0 saturated heterocycles. The van der Waals surface area contributed by atoms with Gasteiger partial charge in [0.2, 0.25) is 5.82 Å². The number of anilines is 2. The number of alkyl halides is 6. The maximum Gasteiger partial charge on any atom is 0.416 e. The highest BCUT2D eigenvalue weighted by Gasteiger charge is 2.47. The average Bonchev–Trinajstić information content (AvgIpc) is 3.35. The molecule has 1 N–H and O–H groups in total. The van der Waals surface area contributed by atoms with Crippen LogP contribution in [0.15, 0.2) is 42.7 Å². The molecule has 1 unspecified atom stereocenters. The van der Waals surface area contributed by atoms with Crippen LogP contribution in [0.5, 0.6) is 0 Å². The van der Waals surface area contributed by atoms with Crippen molar-refractivity contribution in [2.24, 2.45) is 7.05 Å². The minimum absolute atomic E-state index is 0.00996. The largest absolute Gasteiger partial charge is 0.416 e. The molecule has 1 atom stereocenters. The standard InChI is InChI=1S/C21H17F6N5O/c1-28-12-7-14-15(16(8-12)21(25,26)27)9-32(18(14)33)13-5-3-4-11(6-13)17(22)20(23,24)19-30-29-10-31(19)2/h3-8,10,17,28H,9H2,1-2H3. The van der Waals surface area contributed by atoms with Gasteiger partial charge in [0.05, 0.1) is 12.1 Å². The summed E-state index contributed by atoms with van der Waals surface area (Å²) < 4.78 is 85.9. The number of carbonyl (C=O) groups excluding carboxylic acids is 1. The van der Waals surface area contributed by atoms with Crippen molar-refractivity contribution in [1.82, 2.24) is 14.8 Å². The second-order valence-corrected chi connectivity index (χ2v) is 7.53. The molecule has 0 radical (unpaired) electrons. The number of nitrogens with zero attached hydrogens (tertiary/aromatic N) is 4. The van der Waals surface area contributed by atoms with Crippen LogP contribution in [0.25, 0.3) is 0 Å². The molecule has 1 aliphatic rings. The van der Waals surface area contributed by atoms with Crippen LogP contribution < -0.4 is 10.2 Å². The number of rotatable bonds is 5. The zero-order valence-corrected chi connectivity index (χ0v) is 17.3. The summed E-state index contributed by atoms with van der Waals surface area (Å²) in [5, 5.41) is 9.19. The summed E-state index contributed by atoms with van der Waals surface area (Å²) in [7, 11) is 2.66. The Morgan fingerprint density at radius 1 is 1.12 bits per heavy atom. The van der Waals surface area contributed by atoms with Gasteiger partial charge in [-0.3, -0.25) is 4.79 Å². The van der Waals surface area contributed by atoms with Crippen molar-refractivity contribution in [2.45, 2.75) is 24.8 Å². The fourth-order valence-electron chi connectivity index (χ4n) is 3.77. The average molecular weight is 469 g/mol. The number of benzene rings is 2. The fraction of sp³-hybridized carbons (Fsp3) is 0.286. The lowest BCUT2D eigenvalue weighted by atomic mass is 10.0. The topological polar surface area (TPSA) is 63.0 Å². The number of hydrogen-bond acceptors (Lipinski definition) is 4. The van der Waals surface area contributed by atoms with Crippen molar-refractivity contribution in [2.75, 3.05) is 17.3 Å². The first kappa shape index (κ1) is 22.6. The molecule has 1 amide bonds. The smallest absolute Gasteiger partial charge is 0.388 e. The van der Waals surface area contributed by atoms with E-state index >= 15 is 0 Å². The molecular weight excluding hydrogens is 452 g/mol. The second-order valence-electron chi connectivity index (χ2n) is 7.53. The van der Waals surface area contributed by atoms with Crippen molar-refractivity contribution in [3.8, 4) is 0 Å². The Labute approximate surface area is 183 Å². The van der Waals surface area contributed by atoms with Crippen LogP contribution in [-0.4, -0.2) is 27.7 Å². The summed E-state index contributed by atoms with van der Waals surface area (Å²) >= 11 is 0. The van der Waals surface area contributed by atoms with E-state index in [2.05, 4.69) is 15.5 Å². The van der Waals surface area contributed by atoms with Crippen molar-refractivity contribution in [3.05, 3.63) is 70.8 Å². The van der Waals surface area contributed by atoms with Gasteiger partial charge in [-0.2, -0.15) is 22.0 Å². The van der Waals surface area contributed by atoms with Crippen LogP contribution >= 0.6 is 0 Å². The van der Waals surface area contributed by atoms with Gasteiger partial charge >= 0.3 is 12.1 Å². The van der Waals surface area contributed by atoms with E-state index < -0.39 is 47.7 Å². The van der Waals surface area contributed by atoms with Gasteiger partial charge in [-0.05, 0) is 35.4 Å². The van der Waals surface area contributed by atoms with E-state index in [9.17, 15) is 31.1 Å². The number of fused-ring (bicyclic) bond motifs is 1. The summed E-state index contributed by atoms with van der Waals surface area (Å²) in [6.45, 7) is -0.437. The Hall–Kier alpha value is -3.57. The first-order valence-electron chi connectivity index (χ1n) is 9.65. The molecule has 6 nitrogen and oxygen atoms in total. The number of carbonyl (C=O) groups is 1. The van der Waals surface area contributed by atoms with E-state index in [4.69, 9.17) is 0 Å². The zero-order valence-electron chi connectivity index (χ0n) is 17.3. The molecular formula is C21H17F6N5O. The molecule has 0 saturated carbocycles. The Morgan fingerprint density at radius 2 is 1.85 bits per heavy atom. The monoisotopic (exact) mass is 469 g/mol. The summed E-state index contributed by atoms with van der Waals surface area (Å²) in [6, 6.07) is 6.90. The molecule has 2 heterocycles. The zero-order chi connectivity index (χ0) is 24.1. The summed E-state index contributed by atoms with van der Waals surface area (Å²) in [6.07, 6.45) is -6.54. The molecule has 33 heavy (non-hydrogen) atoms. The van der Waals surface area contributed by atoms with Crippen molar-refractivity contribution in [3.63, 3.8) is 0 Å². The van der Waals surface area contributed by atoms with Crippen LogP contribution in [-0.2, 0) is 25.7 Å². The maximum atomic E-state index is 14.9. The van der Waals surface area contributed by atoms with Crippen LogP contribution in [0.4, 0.5) is 37.7 Å². The number of nitrogens with one attached hydrogen (secondary N) is 1. The van der Waals surface area contributed by atoms with E-state index in [-0.39, 0.29) is 22.5 Å². The molecule has 0 fully saturated rings. The minimum atomic E-state index is -4.71. The van der Waals surface area contributed by atoms with Crippen molar-refractivity contribution in [1.29, 1.82) is 0 Å². The molecule has 0 spiro atoms. The normalized spacial score (nSPS) is 15.0. The first-order valence-corrected chi connectivity index (χ1v) is 9.65. The Kier molecular flexibility index (Phi) is 5.33. The van der Waals surface area contributed by atoms with E-state index in [0.29, 0.717) is 0 Å². The van der Waals surface area contributed by atoms with E-state index in [1.54, 1.807) is 0 Å². The van der Waals surface area contributed by atoms with E-state index in [0.717, 1.165) is 34.0 Å². The summed E-state index contributed by atoms with van der Waals surface area (Å²) in [5.41, 5.74) is -1.76. The van der Waals surface area contributed by atoms with Crippen LogP contribution in [0.3, 0.4) is 0 Å². The van der Waals surface area contributed by atoms with Crippen molar-refractivity contribution < 1.29 is 31.1 Å². The van der Waals surface area contributed by atoms with Gasteiger partial charge in [0.1, 0.15) is 6.33 Å². The number of hydrogen-bond donors (Lipinski definition) is 1. The number of aromatic nitrogens is 3. The van der Waals surface area contributed by atoms with Gasteiger partial charge in [-0.25, -0.2) is 4.39 Å². The molecule has 12 heteroatoms. The van der Waals surface area contributed by atoms with E-state index in [1.807, 2.05) is 0 Å². The molecule has 1 aromatic heterocycles. The van der Waals surface area contributed by atoms with E-state index in [1.165, 1.54) is 32.3 Å². The Morgan fingerprint density at radius 3 is 2.45 bits per heavy atom. The van der Waals surface area contributed by atoms with Crippen LogP contribution in [0.2, 0.25) is 0 Å². The van der Waals surface area contributed by atoms with Gasteiger partial charge in [0.25, 0.3) is 5.91 Å². The Bertz CT molecular complexity index is 1220. The molecule has 3 aromatic rings. The SMILES string of the molecule is CNc1cc2c(c(C(F)(F)F)c1)CN(c1cccc(C(F)C(F)(F)c3nncn3C)c1)C2=O. The predicted molar refractivity (Wildman–Crippen MR) is 107 cm³/mol. The van der Waals surface area contributed by atoms with Gasteiger partial charge in [-0.1, -0.05) is 12.1 Å². The number of amides is 1. The molecule has 174 valence electrons. The number of halogens is 6. The van der Waals surface area contributed by atoms with Gasteiger partial charge in [0, 0.05) is 31.0 Å². The summed E-state index contributed by atoms with van der Waals surface area (Å²) in [4.78, 5) is 13.9. The lowest BCUT2D eigenvalue weighted by molar-refractivity contribution is -0.138. The molecule has 0 aliphatic carbocycles. The fourth-order valence-corrected chi connectivity index (χ4v) is 3.77.